The Morgan fingerprint density at radius 2 is 1.68 bits per heavy atom. The molecule has 0 aliphatic carbocycles. The fraction of sp³-hybridized carbons (Fsp3) is 0.417. The summed E-state index contributed by atoms with van der Waals surface area (Å²) in [6, 6.07) is 9.42. The summed E-state index contributed by atoms with van der Waals surface area (Å²) in [5.41, 5.74) is 8.14. The largest absolute Gasteiger partial charge is 0.369 e. The number of nitrogens with zero attached hydrogens (tertiary/aromatic N) is 4. The fourth-order valence-corrected chi connectivity index (χ4v) is 7.28. The van der Waals surface area contributed by atoms with Crippen LogP contribution in [-0.2, 0) is 35.2 Å². The van der Waals surface area contributed by atoms with Gasteiger partial charge in [0.05, 0.1) is 30.6 Å². The molecule has 2 fully saturated rings. The minimum Gasteiger partial charge on any atom is -0.369 e. The molecule has 6 rings (SSSR count). The maximum atomic E-state index is 13.0. The molecule has 0 bridgehead atoms. The number of hydrogen-bond donors (Lipinski definition) is 4. The van der Waals surface area contributed by atoms with Gasteiger partial charge in [0.25, 0.3) is 5.91 Å². The van der Waals surface area contributed by atoms with Crippen molar-refractivity contribution >= 4 is 70.1 Å². The Hall–Kier alpha value is -4.61. The van der Waals surface area contributed by atoms with Gasteiger partial charge in [-0.1, -0.05) is 36.4 Å². The van der Waals surface area contributed by atoms with E-state index in [4.69, 9.17) is 26.8 Å². The van der Waals surface area contributed by atoms with E-state index in [0.717, 1.165) is 42.2 Å². The molecular formula is C36H41ClN8O7S. The zero-order valence-corrected chi connectivity index (χ0v) is 30.8. The van der Waals surface area contributed by atoms with Crippen LogP contribution in [0.25, 0.3) is 0 Å². The number of anilines is 3. The van der Waals surface area contributed by atoms with E-state index in [1.165, 1.54) is 16.7 Å². The van der Waals surface area contributed by atoms with Crippen LogP contribution in [0.15, 0.2) is 58.7 Å². The van der Waals surface area contributed by atoms with Crippen LogP contribution in [0.2, 0.25) is 5.02 Å². The van der Waals surface area contributed by atoms with Crippen molar-refractivity contribution in [2.75, 3.05) is 61.6 Å². The van der Waals surface area contributed by atoms with Crippen LogP contribution in [0.5, 0.6) is 0 Å². The highest BCUT2D eigenvalue weighted by atomic mass is 35.5. The van der Waals surface area contributed by atoms with Gasteiger partial charge in [0.15, 0.2) is 0 Å². The summed E-state index contributed by atoms with van der Waals surface area (Å²) in [7, 11) is 0. The number of carbonyl (C=O) groups excluding carboxylic acids is 5. The molecule has 0 spiro atoms. The van der Waals surface area contributed by atoms with Crippen LogP contribution in [0.1, 0.15) is 48.5 Å². The molecule has 53 heavy (non-hydrogen) atoms. The van der Waals surface area contributed by atoms with E-state index < -0.39 is 17.9 Å². The highest BCUT2D eigenvalue weighted by Gasteiger charge is 2.39. The number of fused-ring (bicyclic) bond motifs is 1. The van der Waals surface area contributed by atoms with Gasteiger partial charge < -0.3 is 35.6 Å². The SMILES string of the molecule is CC1(CN)CCN(c2cnc(Sc3ccc(NC(=O)COCCOCC(=O)Nc4ccc5c(c4)C(=O)N(C4CCC(=O)NC4=O)C5)cc3Cl)cn2)CC1. The first kappa shape index (κ1) is 38.1. The third-order valence-corrected chi connectivity index (χ3v) is 10.9. The van der Waals surface area contributed by atoms with E-state index in [9.17, 15) is 24.0 Å². The van der Waals surface area contributed by atoms with Crippen molar-refractivity contribution in [1.29, 1.82) is 0 Å². The summed E-state index contributed by atoms with van der Waals surface area (Å²) in [5.74, 6) is -1.15. The fourth-order valence-electron chi connectivity index (χ4n) is 6.25. The maximum absolute atomic E-state index is 13.0. The third-order valence-electron chi connectivity index (χ3n) is 9.48. The number of ether oxygens (including phenoxy) is 2. The Labute approximate surface area is 315 Å². The molecule has 0 saturated carbocycles. The maximum Gasteiger partial charge on any atom is 0.255 e. The lowest BCUT2D eigenvalue weighted by Crippen LogP contribution is -2.52. The Morgan fingerprint density at radius 3 is 2.30 bits per heavy atom. The molecule has 0 radical (unpaired) electrons. The van der Waals surface area contributed by atoms with Gasteiger partial charge in [-0.15, -0.1) is 0 Å². The van der Waals surface area contributed by atoms with Gasteiger partial charge in [0.1, 0.15) is 30.1 Å². The number of amides is 5. The molecule has 1 unspecified atom stereocenters. The highest BCUT2D eigenvalue weighted by Crippen LogP contribution is 2.35. The molecule has 1 aromatic heterocycles. The average Bonchev–Trinajstić information content (AvgIpc) is 3.46. The number of benzene rings is 2. The van der Waals surface area contributed by atoms with Gasteiger partial charge in [-0.25, -0.2) is 9.97 Å². The second-order valence-corrected chi connectivity index (χ2v) is 14.9. The summed E-state index contributed by atoms with van der Waals surface area (Å²) >= 11 is 7.89. The van der Waals surface area contributed by atoms with E-state index in [0.29, 0.717) is 33.5 Å². The molecule has 3 aliphatic rings. The molecule has 280 valence electrons. The summed E-state index contributed by atoms with van der Waals surface area (Å²) in [6.45, 7) is 4.59. The number of nitrogens with one attached hydrogen (secondary N) is 3. The summed E-state index contributed by atoms with van der Waals surface area (Å²) in [6.07, 6.45) is 5.98. The monoisotopic (exact) mass is 764 g/mol. The molecule has 17 heteroatoms. The molecule has 2 saturated heterocycles. The average molecular weight is 765 g/mol. The lowest BCUT2D eigenvalue weighted by molar-refractivity contribution is -0.137. The third kappa shape index (κ3) is 9.69. The number of rotatable bonds is 14. The van der Waals surface area contributed by atoms with Crippen LogP contribution in [0.4, 0.5) is 17.2 Å². The van der Waals surface area contributed by atoms with Gasteiger partial charge in [-0.3, -0.25) is 29.3 Å². The number of hydrogen-bond acceptors (Lipinski definition) is 12. The Kier molecular flexibility index (Phi) is 12.2. The Morgan fingerprint density at radius 1 is 1.00 bits per heavy atom. The molecule has 3 aliphatic heterocycles. The van der Waals surface area contributed by atoms with Crippen molar-refractivity contribution < 1.29 is 33.4 Å². The first-order chi connectivity index (χ1) is 25.5. The van der Waals surface area contributed by atoms with Gasteiger partial charge in [0.2, 0.25) is 23.6 Å². The van der Waals surface area contributed by atoms with Crippen molar-refractivity contribution in [2.24, 2.45) is 11.1 Å². The van der Waals surface area contributed by atoms with Crippen molar-refractivity contribution in [1.82, 2.24) is 20.2 Å². The van der Waals surface area contributed by atoms with Gasteiger partial charge in [-0.2, -0.15) is 0 Å². The molecule has 5 N–H and O–H groups in total. The Balaban J connectivity index is 0.864. The van der Waals surface area contributed by atoms with Crippen molar-refractivity contribution in [3.8, 4) is 0 Å². The topological polar surface area (TPSA) is 198 Å². The molecule has 5 amide bonds. The standard InChI is InChI=1S/C36H41ClN8O7S/c1-36(21-38)8-10-44(11-9-36)29-16-40-33(17-39-29)53-28-6-4-24(15-26(28)37)42-32(48)20-52-13-12-51-19-31(47)41-23-3-2-22-18-45(35(50)25(22)14-23)27-5-7-30(46)43-34(27)49/h2-4,6,14-17,27H,5,7-13,18-21,38H2,1H3,(H,41,47)(H,42,48)(H,43,46,49). The molecule has 15 nitrogen and oxygen atoms in total. The van der Waals surface area contributed by atoms with Crippen LogP contribution in [-0.4, -0.2) is 96.5 Å². The normalized spacial score (nSPS) is 18.1. The second kappa shape index (κ2) is 17.0. The smallest absolute Gasteiger partial charge is 0.255 e. The second-order valence-electron chi connectivity index (χ2n) is 13.4. The number of piperidine rings is 2. The van der Waals surface area contributed by atoms with Crippen LogP contribution >= 0.6 is 23.4 Å². The summed E-state index contributed by atoms with van der Waals surface area (Å²) in [4.78, 5) is 75.2. The highest BCUT2D eigenvalue weighted by molar-refractivity contribution is 7.99. The molecular weight excluding hydrogens is 724 g/mol. The molecule has 2 aromatic carbocycles. The van der Waals surface area contributed by atoms with Crippen molar-refractivity contribution in [2.45, 2.75) is 55.1 Å². The molecule has 4 heterocycles. The number of halogens is 1. The lowest BCUT2D eigenvalue weighted by atomic mass is 9.80. The van der Waals surface area contributed by atoms with E-state index >= 15 is 0 Å². The number of nitrogens with two attached hydrogens (primary N) is 1. The molecule has 1 atom stereocenters. The van der Waals surface area contributed by atoms with E-state index in [1.807, 2.05) is 0 Å². The van der Waals surface area contributed by atoms with Crippen molar-refractivity contribution in [3.63, 3.8) is 0 Å². The predicted molar refractivity (Wildman–Crippen MR) is 198 cm³/mol. The van der Waals surface area contributed by atoms with E-state index in [-0.39, 0.29) is 69.0 Å². The van der Waals surface area contributed by atoms with E-state index in [1.54, 1.807) is 48.8 Å². The molecule has 3 aromatic rings. The van der Waals surface area contributed by atoms with Gasteiger partial charge in [-0.05, 0) is 67.1 Å². The summed E-state index contributed by atoms with van der Waals surface area (Å²) < 4.78 is 10.8. The minimum atomic E-state index is -0.715. The first-order valence-electron chi connectivity index (χ1n) is 17.3. The number of imide groups is 1. The summed E-state index contributed by atoms with van der Waals surface area (Å²) in [5, 5.41) is 8.86. The van der Waals surface area contributed by atoms with Crippen LogP contribution in [0, 0.1) is 5.41 Å². The number of carbonyl (C=O) groups is 5. The van der Waals surface area contributed by atoms with Gasteiger partial charge >= 0.3 is 0 Å². The van der Waals surface area contributed by atoms with Gasteiger partial charge in [0, 0.05) is 47.9 Å². The Bertz CT molecular complexity index is 1870. The minimum absolute atomic E-state index is 0.0671. The quantitative estimate of drug-likeness (QED) is 0.138. The zero-order chi connectivity index (χ0) is 37.5. The first-order valence-corrected chi connectivity index (χ1v) is 18.5. The lowest BCUT2D eigenvalue weighted by Gasteiger charge is -2.39. The van der Waals surface area contributed by atoms with E-state index in [2.05, 4.69) is 37.7 Å². The van der Waals surface area contributed by atoms with Crippen LogP contribution < -0.4 is 26.6 Å². The van der Waals surface area contributed by atoms with Crippen molar-refractivity contribution in [3.05, 3.63) is 64.9 Å². The predicted octanol–water partition coefficient (Wildman–Crippen LogP) is 3.22. The van der Waals surface area contributed by atoms with Crippen LogP contribution in [0.3, 0.4) is 0 Å². The zero-order valence-electron chi connectivity index (χ0n) is 29.2. The number of aromatic nitrogens is 2.